The van der Waals surface area contributed by atoms with Crippen LogP contribution in [0.2, 0.25) is 6.82 Å². The van der Waals surface area contributed by atoms with E-state index in [1.165, 1.54) is 16.6 Å². The minimum Gasteiger partial charge on any atom is -0.192 e. The number of aromatic nitrogens is 5. The average Bonchev–Trinajstić information content (AvgIpc) is 3.60. The van der Waals surface area contributed by atoms with Crippen molar-refractivity contribution in [1.29, 1.82) is 0 Å². The van der Waals surface area contributed by atoms with Crippen LogP contribution in [-0.2, 0) is 37.2 Å². The van der Waals surface area contributed by atoms with Gasteiger partial charge in [-0.2, -0.15) is 5.10 Å². The Hall–Kier alpha value is -4.16. The molecule has 0 saturated heterocycles. The SMILES string of the molecule is CB1N(c2cc(C(C)(C)C)ccn2)c2cc(Oc3cc(-n4[c](=[Pt])n(C)c5ccccc54)cc(C(C)(C)C)c3)ccc2-c2ccnn21. The molecule has 0 spiro atoms. The Labute approximate surface area is 282 Å². The number of ether oxygens (including phenoxy) is 1. The standard InChI is InChI=1S/C37H39BN6O.Pt/c1-36(2,3)25-15-17-39-35(21-25)43-34-23-28(13-14-30(34)31-16-18-40-44(31)38(43)7)45-29-20-26(37(4,5)6)19-27(22-29)42-24-41(8)32-11-9-10-12-33(32)42;/h9-23H,1-8H3;. The molecule has 7 nitrogen and oxygen atoms in total. The van der Waals surface area contributed by atoms with E-state index < -0.39 is 0 Å². The van der Waals surface area contributed by atoms with Gasteiger partial charge in [0.15, 0.2) is 0 Å². The van der Waals surface area contributed by atoms with E-state index in [1.807, 2.05) is 12.4 Å². The summed E-state index contributed by atoms with van der Waals surface area (Å²) < 4.78 is 14.5. The zero-order valence-electron chi connectivity index (χ0n) is 27.6. The number of benzene rings is 3. The molecule has 1 aliphatic rings. The Kier molecular flexibility index (Phi) is 7.28. The van der Waals surface area contributed by atoms with Gasteiger partial charge in [0, 0.05) is 12.4 Å². The number of pyridine rings is 1. The Morgan fingerprint density at radius 3 is 2.24 bits per heavy atom. The summed E-state index contributed by atoms with van der Waals surface area (Å²) in [5.41, 5.74) is 8.99. The van der Waals surface area contributed by atoms with Gasteiger partial charge >= 0.3 is 228 Å². The molecule has 0 N–H and O–H groups in total. The van der Waals surface area contributed by atoms with E-state index in [0.717, 1.165) is 49.3 Å². The summed E-state index contributed by atoms with van der Waals surface area (Å²) in [5.74, 6) is 2.45. The normalized spacial score (nSPS) is 13.3. The summed E-state index contributed by atoms with van der Waals surface area (Å²) in [6.07, 6.45) is 3.78. The molecule has 1 aliphatic heterocycles. The molecular weight excluding hydrogens is 750 g/mol. The maximum absolute atomic E-state index is 6.78. The van der Waals surface area contributed by atoms with Crippen LogP contribution in [0.4, 0.5) is 11.5 Å². The summed E-state index contributed by atoms with van der Waals surface area (Å²) in [6.45, 7) is 15.5. The summed E-state index contributed by atoms with van der Waals surface area (Å²) >= 11 is 2.42. The zero-order chi connectivity index (χ0) is 32.5. The Bertz CT molecular complexity index is 2180. The first-order valence-corrected chi connectivity index (χ1v) is 16.8. The molecule has 0 aliphatic carbocycles. The number of aryl methyl sites for hydroxylation is 1. The fourth-order valence-corrected chi connectivity index (χ4v) is 7.15. The molecule has 0 fully saturated rings. The van der Waals surface area contributed by atoms with Crippen LogP contribution in [0, 0.1) is 3.80 Å². The van der Waals surface area contributed by atoms with Crippen LogP contribution in [0.1, 0.15) is 52.7 Å². The minimum atomic E-state index is -0.0743. The second-order valence-corrected chi connectivity index (χ2v) is 15.2. The third-order valence-electron chi connectivity index (χ3n) is 8.92. The van der Waals surface area contributed by atoms with Gasteiger partial charge in [0.2, 0.25) is 0 Å². The molecule has 0 radical (unpaired) electrons. The molecule has 0 bridgehead atoms. The van der Waals surface area contributed by atoms with Gasteiger partial charge in [-0.25, -0.2) is 0 Å². The van der Waals surface area contributed by atoms with Gasteiger partial charge in [0.25, 0.3) is 0 Å². The third-order valence-corrected chi connectivity index (χ3v) is 10.2. The molecule has 0 atom stereocenters. The van der Waals surface area contributed by atoms with Crippen molar-refractivity contribution in [2.75, 3.05) is 4.81 Å². The van der Waals surface area contributed by atoms with Crippen molar-refractivity contribution in [3.8, 4) is 28.4 Å². The van der Waals surface area contributed by atoms with Crippen LogP contribution in [0.5, 0.6) is 11.5 Å². The van der Waals surface area contributed by atoms with E-state index in [-0.39, 0.29) is 17.8 Å². The Morgan fingerprint density at radius 1 is 0.761 bits per heavy atom. The molecule has 0 saturated carbocycles. The summed E-state index contributed by atoms with van der Waals surface area (Å²) in [4.78, 5) is 7.12. The second kappa shape index (κ2) is 11.0. The third kappa shape index (κ3) is 5.17. The predicted octanol–water partition coefficient (Wildman–Crippen LogP) is 8.81. The van der Waals surface area contributed by atoms with Gasteiger partial charge in [-0.05, 0) is 17.0 Å². The van der Waals surface area contributed by atoms with Crippen LogP contribution in [0.3, 0.4) is 0 Å². The van der Waals surface area contributed by atoms with E-state index in [1.54, 1.807) is 0 Å². The van der Waals surface area contributed by atoms with E-state index in [0.29, 0.717) is 0 Å². The zero-order valence-corrected chi connectivity index (χ0v) is 29.9. The smallest absolute Gasteiger partial charge is 0.192 e. The van der Waals surface area contributed by atoms with E-state index in [2.05, 4.69) is 177 Å². The first kappa shape index (κ1) is 30.5. The fraction of sp³-hybridized carbons (Fsp3) is 0.270. The van der Waals surface area contributed by atoms with Crippen LogP contribution in [0.15, 0.2) is 91.3 Å². The molecule has 9 heteroatoms. The van der Waals surface area contributed by atoms with Crippen LogP contribution < -0.4 is 9.55 Å². The average molecular weight is 790 g/mol. The van der Waals surface area contributed by atoms with Gasteiger partial charge in [-0.15, -0.1) is 0 Å². The van der Waals surface area contributed by atoms with Gasteiger partial charge < -0.3 is 0 Å². The Balaban J connectivity index is 1.36. The van der Waals surface area contributed by atoms with Gasteiger partial charge in [-0.1, -0.05) is 20.8 Å². The molecule has 4 heterocycles. The van der Waals surface area contributed by atoms with Crippen molar-refractivity contribution < 1.29 is 24.1 Å². The summed E-state index contributed by atoms with van der Waals surface area (Å²) in [6, 6.07) is 27.8. The molecule has 0 unspecified atom stereocenters. The van der Waals surface area contributed by atoms with E-state index in [9.17, 15) is 0 Å². The molecule has 6 aromatic rings. The molecule has 7 rings (SSSR count). The molecule has 46 heavy (non-hydrogen) atoms. The molecule has 3 aromatic heterocycles. The number of para-hydroxylation sites is 2. The summed E-state index contributed by atoms with van der Waals surface area (Å²) in [7, 11) is 2.12. The second-order valence-electron chi connectivity index (χ2n) is 14.2. The van der Waals surface area contributed by atoms with Crippen LogP contribution in [0.25, 0.3) is 28.0 Å². The molecule has 236 valence electrons. The topological polar surface area (TPSA) is 53.0 Å². The number of hydrogen-bond acceptors (Lipinski definition) is 4. The summed E-state index contributed by atoms with van der Waals surface area (Å²) in [5, 5.41) is 4.69. The van der Waals surface area contributed by atoms with Crippen molar-refractivity contribution in [2.45, 2.75) is 59.2 Å². The quantitative estimate of drug-likeness (QED) is 0.168. The number of hydrogen-bond donors (Lipinski definition) is 0. The minimum absolute atomic E-state index is 0.00289. The van der Waals surface area contributed by atoms with Crippen LogP contribution >= 0.6 is 0 Å². The number of imidazole rings is 1. The molecule has 3 aromatic carbocycles. The van der Waals surface area contributed by atoms with Crippen molar-refractivity contribution in [2.24, 2.45) is 7.05 Å². The first-order chi connectivity index (χ1) is 21.8. The fourth-order valence-electron chi connectivity index (χ4n) is 6.31. The van der Waals surface area contributed by atoms with Crippen molar-refractivity contribution in [3.05, 3.63) is 106 Å². The number of fused-ring (bicyclic) bond motifs is 4. The molecule has 0 amide bonds. The van der Waals surface area contributed by atoms with E-state index >= 15 is 0 Å². The van der Waals surface area contributed by atoms with Gasteiger partial charge in [0.05, 0.1) is 0 Å². The number of anilines is 2. The Morgan fingerprint density at radius 2 is 1.50 bits per heavy atom. The first-order valence-electron chi connectivity index (χ1n) is 15.7. The maximum atomic E-state index is 6.78. The predicted molar refractivity (Wildman–Crippen MR) is 184 cm³/mol. The van der Waals surface area contributed by atoms with Gasteiger partial charge in [0.1, 0.15) is 0 Å². The van der Waals surface area contributed by atoms with Crippen LogP contribution in [-0.4, -0.2) is 30.8 Å². The molecular formula is C37H39BN6OPt. The van der Waals surface area contributed by atoms with Crippen molar-refractivity contribution >= 4 is 29.5 Å². The van der Waals surface area contributed by atoms with E-state index in [4.69, 9.17) is 9.72 Å². The van der Waals surface area contributed by atoms with Gasteiger partial charge in [-0.3, -0.25) is 0 Å². The van der Waals surface area contributed by atoms with Crippen molar-refractivity contribution in [3.63, 3.8) is 0 Å². The monoisotopic (exact) mass is 789 g/mol. The number of rotatable bonds is 4. The number of nitrogens with zero attached hydrogens (tertiary/aromatic N) is 6. The van der Waals surface area contributed by atoms with Crippen molar-refractivity contribution in [1.82, 2.24) is 23.8 Å².